The first kappa shape index (κ1) is 12.8. The summed E-state index contributed by atoms with van der Waals surface area (Å²) < 4.78 is 39.1. The summed E-state index contributed by atoms with van der Waals surface area (Å²) in [4.78, 5) is 8.07. The van der Waals surface area contributed by atoms with Crippen LogP contribution in [0, 0.1) is 24.4 Å². The molecule has 1 aromatic carbocycles. The van der Waals surface area contributed by atoms with Crippen molar-refractivity contribution in [3.8, 4) is 11.4 Å². The zero-order valence-corrected chi connectivity index (χ0v) is 10.1. The van der Waals surface area contributed by atoms with E-state index in [1.165, 1.54) is 0 Å². The first-order valence-electron chi connectivity index (χ1n) is 5.06. The van der Waals surface area contributed by atoms with E-state index in [1.807, 2.05) is 0 Å². The topological polar surface area (TPSA) is 25.8 Å². The number of hydrogen-bond acceptors (Lipinski definition) is 2. The maximum atomic E-state index is 13.1. The van der Waals surface area contributed by atoms with Crippen LogP contribution < -0.4 is 0 Å². The third-order valence-electron chi connectivity index (χ3n) is 2.29. The average molecular weight is 273 g/mol. The number of rotatable bonds is 2. The Kier molecular flexibility index (Phi) is 3.52. The number of hydrogen-bond donors (Lipinski definition) is 0. The molecule has 0 aliphatic rings. The Morgan fingerprint density at radius 2 is 1.67 bits per heavy atom. The minimum absolute atomic E-state index is 0.0708. The zero-order chi connectivity index (χ0) is 13.3. The van der Waals surface area contributed by atoms with E-state index in [4.69, 9.17) is 11.6 Å². The fraction of sp³-hybridized carbons (Fsp3) is 0.167. The lowest BCUT2D eigenvalue weighted by molar-refractivity contribution is 0.447. The van der Waals surface area contributed by atoms with Crippen molar-refractivity contribution in [1.29, 1.82) is 0 Å². The van der Waals surface area contributed by atoms with Crippen LogP contribution in [-0.2, 0) is 5.88 Å². The summed E-state index contributed by atoms with van der Waals surface area (Å²) in [7, 11) is 0. The van der Waals surface area contributed by atoms with Crippen molar-refractivity contribution in [2.45, 2.75) is 12.8 Å². The Hall–Kier alpha value is -1.62. The Labute approximate surface area is 106 Å². The third kappa shape index (κ3) is 2.46. The second-order valence-corrected chi connectivity index (χ2v) is 3.98. The molecule has 6 heteroatoms. The van der Waals surface area contributed by atoms with Gasteiger partial charge in [0, 0.05) is 11.3 Å². The highest BCUT2D eigenvalue weighted by molar-refractivity contribution is 6.16. The van der Waals surface area contributed by atoms with E-state index >= 15 is 0 Å². The highest BCUT2D eigenvalue weighted by Gasteiger charge is 2.13. The van der Waals surface area contributed by atoms with Gasteiger partial charge in [-0.05, 0) is 25.1 Å². The van der Waals surface area contributed by atoms with Crippen LogP contribution in [0.15, 0.2) is 18.2 Å². The van der Waals surface area contributed by atoms with Gasteiger partial charge >= 0.3 is 0 Å². The van der Waals surface area contributed by atoms with Crippen LogP contribution in [0.4, 0.5) is 13.2 Å². The second-order valence-electron chi connectivity index (χ2n) is 3.71. The minimum Gasteiger partial charge on any atom is -0.233 e. The monoisotopic (exact) mass is 272 g/mol. The quantitative estimate of drug-likeness (QED) is 0.616. The molecule has 2 nitrogen and oxygen atoms in total. The molecule has 0 spiro atoms. The lowest BCUT2D eigenvalue weighted by Gasteiger charge is -2.05. The molecule has 0 bridgehead atoms. The minimum atomic E-state index is -1.51. The van der Waals surface area contributed by atoms with Crippen LogP contribution in [0.25, 0.3) is 11.4 Å². The van der Waals surface area contributed by atoms with E-state index in [1.54, 1.807) is 13.0 Å². The van der Waals surface area contributed by atoms with E-state index in [9.17, 15) is 13.2 Å². The van der Waals surface area contributed by atoms with E-state index in [2.05, 4.69) is 9.97 Å². The zero-order valence-electron chi connectivity index (χ0n) is 9.35. The predicted octanol–water partition coefficient (Wildman–Crippen LogP) is 3.61. The van der Waals surface area contributed by atoms with Gasteiger partial charge in [0.2, 0.25) is 0 Å². The van der Waals surface area contributed by atoms with Gasteiger partial charge in [-0.3, -0.25) is 0 Å². The standard InChI is InChI=1S/C12H8ClF3N2/c1-6-2-8(5-13)18-12(17-6)7-3-9(14)11(16)10(15)4-7/h2-4H,5H2,1H3. The van der Waals surface area contributed by atoms with E-state index < -0.39 is 17.5 Å². The van der Waals surface area contributed by atoms with Crippen molar-refractivity contribution < 1.29 is 13.2 Å². The van der Waals surface area contributed by atoms with Gasteiger partial charge in [0.25, 0.3) is 0 Å². The van der Waals surface area contributed by atoms with Crippen molar-refractivity contribution in [3.63, 3.8) is 0 Å². The molecule has 2 aromatic rings. The van der Waals surface area contributed by atoms with Crippen LogP contribution in [0.3, 0.4) is 0 Å². The fourth-order valence-electron chi connectivity index (χ4n) is 1.52. The van der Waals surface area contributed by atoms with Crippen LogP contribution in [0.1, 0.15) is 11.4 Å². The summed E-state index contributed by atoms with van der Waals surface area (Å²) in [6.45, 7) is 1.71. The number of benzene rings is 1. The molecule has 0 aliphatic heterocycles. The molecule has 0 atom stereocenters. The number of halogens is 4. The molecule has 0 amide bonds. The molecule has 0 saturated heterocycles. The summed E-state index contributed by atoms with van der Waals surface area (Å²) in [5, 5.41) is 0. The molecule has 2 rings (SSSR count). The normalized spacial score (nSPS) is 10.7. The van der Waals surface area contributed by atoms with Crippen molar-refractivity contribution in [1.82, 2.24) is 9.97 Å². The maximum absolute atomic E-state index is 13.1. The van der Waals surface area contributed by atoms with Crippen molar-refractivity contribution in [3.05, 3.63) is 47.0 Å². The molecule has 0 aliphatic carbocycles. The lowest BCUT2D eigenvalue weighted by Crippen LogP contribution is -1.99. The number of aromatic nitrogens is 2. The summed E-state index contributed by atoms with van der Waals surface area (Å²) in [6, 6.07) is 3.36. The number of aryl methyl sites for hydroxylation is 1. The van der Waals surface area contributed by atoms with Gasteiger partial charge in [-0.25, -0.2) is 23.1 Å². The molecule has 0 saturated carbocycles. The Bertz CT molecular complexity index is 579. The van der Waals surface area contributed by atoms with Gasteiger partial charge in [-0.2, -0.15) is 0 Å². The van der Waals surface area contributed by atoms with Crippen LogP contribution in [0.5, 0.6) is 0 Å². The molecule has 94 valence electrons. The summed E-state index contributed by atoms with van der Waals surface area (Å²) >= 11 is 5.65. The van der Waals surface area contributed by atoms with Gasteiger partial charge in [0.1, 0.15) is 0 Å². The molecule has 18 heavy (non-hydrogen) atoms. The van der Waals surface area contributed by atoms with Crippen molar-refractivity contribution >= 4 is 11.6 Å². The highest BCUT2D eigenvalue weighted by Crippen LogP contribution is 2.21. The van der Waals surface area contributed by atoms with E-state index in [0.717, 1.165) is 12.1 Å². The van der Waals surface area contributed by atoms with Crippen LogP contribution >= 0.6 is 11.6 Å². The third-order valence-corrected chi connectivity index (χ3v) is 2.56. The predicted molar refractivity (Wildman–Crippen MR) is 61.6 cm³/mol. The van der Waals surface area contributed by atoms with Gasteiger partial charge < -0.3 is 0 Å². The molecule has 1 aromatic heterocycles. The Balaban J connectivity index is 2.58. The molecule has 0 unspecified atom stereocenters. The molecular formula is C12H8ClF3N2. The van der Waals surface area contributed by atoms with Crippen LogP contribution in [-0.4, -0.2) is 9.97 Å². The highest BCUT2D eigenvalue weighted by atomic mass is 35.5. The lowest BCUT2D eigenvalue weighted by atomic mass is 10.2. The maximum Gasteiger partial charge on any atom is 0.194 e. The summed E-state index contributed by atoms with van der Waals surface area (Å²) in [5.74, 6) is -3.79. The smallest absolute Gasteiger partial charge is 0.194 e. The summed E-state index contributed by atoms with van der Waals surface area (Å²) in [6.07, 6.45) is 0. The van der Waals surface area contributed by atoms with Crippen molar-refractivity contribution in [2.24, 2.45) is 0 Å². The van der Waals surface area contributed by atoms with Gasteiger partial charge in [0.05, 0.1) is 11.6 Å². The Morgan fingerprint density at radius 1 is 1.06 bits per heavy atom. The largest absolute Gasteiger partial charge is 0.233 e. The van der Waals surface area contributed by atoms with E-state index in [-0.39, 0.29) is 17.3 Å². The first-order chi connectivity index (χ1) is 8.51. The molecule has 1 heterocycles. The molecule has 0 radical (unpaired) electrons. The first-order valence-corrected chi connectivity index (χ1v) is 5.60. The van der Waals surface area contributed by atoms with Gasteiger partial charge in [0.15, 0.2) is 23.3 Å². The van der Waals surface area contributed by atoms with Gasteiger partial charge in [-0.15, -0.1) is 11.6 Å². The van der Waals surface area contributed by atoms with Crippen LogP contribution in [0.2, 0.25) is 0 Å². The average Bonchev–Trinajstić information content (AvgIpc) is 2.34. The molecular weight excluding hydrogens is 265 g/mol. The van der Waals surface area contributed by atoms with Gasteiger partial charge in [-0.1, -0.05) is 0 Å². The SMILES string of the molecule is Cc1cc(CCl)nc(-c2cc(F)c(F)c(F)c2)n1. The Morgan fingerprint density at radius 3 is 2.22 bits per heavy atom. The summed E-state index contributed by atoms with van der Waals surface area (Å²) in [5.41, 5.74) is 1.21. The number of nitrogens with zero attached hydrogens (tertiary/aromatic N) is 2. The van der Waals surface area contributed by atoms with Crippen molar-refractivity contribution in [2.75, 3.05) is 0 Å². The second kappa shape index (κ2) is 4.94. The fourth-order valence-corrected chi connectivity index (χ4v) is 1.65. The van der Waals surface area contributed by atoms with E-state index in [0.29, 0.717) is 11.4 Å². The molecule has 0 N–H and O–H groups in total. The molecule has 0 fully saturated rings. The number of alkyl halides is 1.